The third-order valence-corrected chi connectivity index (χ3v) is 6.53. The van der Waals surface area contributed by atoms with E-state index >= 15 is 0 Å². The molecule has 2 aromatic carbocycles. The number of ketones is 1. The molecule has 0 amide bonds. The fraction of sp³-hybridized carbons (Fsp3) is 0.0476. The molecule has 9 heteroatoms. The zero-order valence-electron chi connectivity index (χ0n) is 14.9. The van der Waals surface area contributed by atoms with Crippen LogP contribution in [0.5, 0.6) is 0 Å². The third kappa shape index (κ3) is 4.34. The third-order valence-electron chi connectivity index (χ3n) is 4.19. The number of thioether (sulfide) groups is 1. The summed E-state index contributed by atoms with van der Waals surface area (Å²) in [6, 6.07) is 12.7. The van der Waals surface area contributed by atoms with E-state index in [2.05, 4.69) is 0 Å². The Balaban J connectivity index is 1.58. The SMILES string of the molecule is O=C(CC(=O)c1cc2cc(Cl)ccc2sc1=O)Sc1cc2cc(Cl)ccc2oc1=O. The zero-order valence-corrected chi connectivity index (χ0v) is 18.1. The van der Waals surface area contributed by atoms with Gasteiger partial charge in [0.15, 0.2) is 5.78 Å². The van der Waals surface area contributed by atoms with Gasteiger partial charge < -0.3 is 4.42 Å². The van der Waals surface area contributed by atoms with Gasteiger partial charge in [0.2, 0.25) is 9.86 Å². The van der Waals surface area contributed by atoms with E-state index in [1.165, 1.54) is 12.1 Å². The van der Waals surface area contributed by atoms with E-state index in [0.29, 0.717) is 42.9 Å². The molecule has 0 aliphatic rings. The van der Waals surface area contributed by atoms with Crippen molar-refractivity contribution in [2.75, 3.05) is 0 Å². The highest BCUT2D eigenvalue weighted by Gasteiger charge is 2.19. The molecule has 0 unspecified atom stereocenters. The second kappa shape index (κ2) is 8.35. The normalized spacial score (nSPS) is 11.1. The van der Waals surface area contributed by atoms with Gasteiger partial charge in [-0.25, -0.2) is 4.79 Å². The molecule has 0 N–H and O–H groups in total. The van der Waals surface area contributed by atoms with Gasteiger partial charge in [0.05, 0.1) is 12.0 Å². The van der Waals surface area contributed by atoms with Gasteiger partial charge in [0.1, 0.15) is 10.5 Å². The molecular weight excluding hydrogens is 467 g/mol. The Morgan fingerprint density at radius 3 is 2.40 bits per heavy atom. The molecule has 0 spiro atoms. The fourth-order valence-corrected chi connectivity index (χ4v) is 4.79. The van der Waals surface area contributed by atoms with Gasteiger partial charge >= 0.3 is 5.63 Å². The molecule has 0 radical (unpaired) electrons. The highest BCUT2D eigenvalue weighted by atomic mass is 35.5. The van der Waals surface area contributed by atoms with E-state index in [1.807, 2.05) is 0 Å². The standard InChI is InChI=1S/C21H10Cl2O5S2/c22-12-1-3-16-10(5-12)8-18(20(26)28-16)29-19(25)9-15(24)14-7-11-6-13(23)2-4-17(11)30-21(14)27/h1-8H,9H2. The summed E-state index contributed by atoms with van der Waals surface area (Å²) in [7, 11) is 0. The number of fused-ring (bicyclic) bond motifs is 2. The van der Waals surface area contributed by atoms with Crippen molar-refractivity contribution in [1.82, 2.24) is 0 Å². The summed E-state index contributed by atoms with van der Waals surface area (Å²) in [5, 5.41) is 1.54. The maximum absolute atomic E-state index is 12.6. The summed E-state index contributed by atoms with van der Waals surface area (Å²) in [6.45, 7) is 0. The lowest BCUT2D eigenvalue weighted by Crippen LogP contribution is -2.15. The van der Waals surface area contributed by atoms with Crippen LogP contribution in [0.25, 0.3) is 21.1 Å². The summed E-state index contributed by atoms with van der Waals surface area (Å²) >= 11 is 13.4. The highest BCUT2D eigenvalue weighted by molar-refractivity contribution is 8.13. The first kappa shape index (κ1) is 20.8. The Bertz CT molecular complexity index is 1460. The minimum absolute atomic E-state index is 0.0398. The number of rotatable bonds is 4. The molecule has 2 aromatic heterocycles. The lowest BCUT2D eigenvalue weighted by Gasteiger charge is -2.03. The maximum Gasteiger partial charge on any atom is 0.350 e. The minimum atomic E-state index is -0.692. The molecule has 5 nitrogen and oxygen atoms in total. The van der Waals surface area contributed by atoms with Gasteiger partial charge in [-0.1, -0.05) is 34.5 Å². The van der Waals surface area contributed by atoms with Crippen molar-refractivity contribution in [3.63, 3.8) is 0 Å². The molecule has 0 atom stereocenters. The number of hydrogen-bond donors (Lipinski definition) is 0. The molecule has 4 rings (SSSR count). The lowest BCUT2D eigenvalue weighted by atomic mass is 10.1. The van der Waals surface area contributed by atoms with Gasteiger partial charge in [-0.3, -0.25) is 14.4 Å². The van der Waals surface area contributed by atoms with Crippen LogP contribution in [0.1, 0.15) is 16.8 Å². The topological polar surface area (TPSA) is 81.4 Å². The molecule has 4 aromatic rings. The first-order chi connectivity index (χ1) is 14.3. The molecule has 0 aliphatic carbocycles. The Labute approximate surface area is 187 Å². The summed E-state index contributed by atoms with van der Waals surface area (Å²) in [5.74, 6) is -0.621. The maximum atomic E-state index is 12.6. The van der Waals surface area contributed by atoms with E-state index in [0.717, 1.165) is 11.3 Å². The first-order valence-electron chi connectivity index (χ1n) is 8.51. The van der Waals surface area contributed by atoms with Crippen LogP contribution in [-0.2, 0) is 4.79 Å². The van der Waals surface area contributed by atoms with E-state index in [-0.39, 0.29) is 10.5 Å². The van der Waals surface area contributed by atoms with Crippen molar-refractivity contribution in [2.45, 2.75) is 11.3 Å². The van der Waals surface area contributed by atoms with Crippen molar-refractivity contribution >= 4 is 78.3 Å². The van der Waals surface area contributed by atoms with Crippen LogP contribution in [-0.4, -0.2) is 10.9 Å². The second-order valence-corrected chi connectivity index (χ2v) is 9.27. The molecule has 0 saturated heterocycles. The van der Waals surface area contributed by atoms with Crippen LogP contribution in [0.15, 0.2) is 67.4 Å². The zero-order chi connectivity index (χ0) is 21.4. The average molecular weight is 477 g/mol. The van der Waals surface area contributed by atoms with Crippen molar-refractivity contribution in [3.05, 3.63) is 84.1 Å². The first-order valence-corrected chi connectivity index (χ1v) is 10.9. The molecule has 0 aliphatic heterocycles. The molecule has 0 fully saturated rings. The smallest absolute Gasteiger partial charge is 0.350 e. The van der Waals surface area contributed by atoms with Gasteiger partial charge in [0.25, 0.3) is 0 Å². The summed E-state index contributed by atoms with van der Waals surface area (Å²) in [4.78, 5) is 49.4. The Kier molecular flexibility index (Phi) is 5.79. The predicted molar refractivity (Wildman–Crippen MR) is 120 cm³/mol. The van der Waals surface area contributed by atoms with Gasteiger partial charge in [-0.2, -0.15) is 0 Å². The highest BCUT2D eigenvalue weighted by Crippen LogP contribution is 2.25. The number of carbonyl (C=O) groups excluding carboxylic acids is 2. The summed E-state index contributed by atoms with van der Waals surface area (Å²) < 4.78 is 5.44. The van der Waals surface area contributed by atoms with Crippen LogP contribution in [0.2, 0.25) is 10.0 Å². The number of halogens is 2. The van der Waals surface area contributed by atoms with Crippen molar-refractivity contribution < 1.29 is 14.0 Å². The Hall–Kier alpha value is -2.45. The molecule has 150 valence electrons. The van der Waals surface area contributed by atoms with Crippen LogP contribution < -0.4 is 10.4 Å². The van der Waals surface area contributed by atoms with Crippen LogP contribution in [0, 0.1) is 0 Å². The number of Topliss-reactive ketones (excluding diaryl/α,β-unsaturated/α-hetero) is 1. The molecular formula is C21H10Cl2O5S2. The fourth-order valence-electron chi connectivity index (χ4n) is 2.82. The predicted octanol–water partition coefficient (Wildman–Crippen LogP) is 5.57. The second-order valence-electron chi connectivity index (χ2n) is 6.28. The summed E-state index contributed by atoms with van der Waals surface area (Å²) in [6.07, 6.45) is -0.536. The van der Waals surface area contributed by atoms with Gasteiger partial charge in [-0.15, -0.1) is 0 Å². The van der Waals surface area contributed by atoms with E-state index in [1.54, 1.807) is 36.4 Å². The molecule has 0 saturated carbocycles. The minimum Gasteiger partial charge on any atom is -0.422 e. The molecule has 2 heterocycles. The van der Waals surface area contributed by atoms with Crippen molar-refractivity contribution in [1.29, 1.82) is 0 Å². The average Bonchev–Trinajstić information content (AvgIpc) is 2.68. The number of carbonyl (C=O) groups is 2. The van der Waals surface area contributed by atoms with Crippen LogP contribution >= 0.6 is 46.3 Å². The Morgan fingerprint density at radius 2 is 1.63 bits per heavy atom. The van der Waals surface area contributed by atoms with Crippen molar-refractivity contribution in [2.24, 2.45) is 0 Å². The van der Waals surface area contributed by atoms with E-state index in [9.17, 15) is 19.2 Å². The quantitative estimate of drug-likeness (QED) is 0.166. The summed E-state index contributed by atoms with van der Waals surface area (Å²) in [5.41, 5.74) is -0.437. The van der Waals surface area contributed by atoms with E-state index < -0.39 is 27.7 Å². The number of hydrogen-bond acceptors (Lipinski definition) is 7. The molecule has 0 bridgehead atoms. The lowest BCUT2D eigenvalue weighted by molar-refractivity contribution is -0.110. The van der Waals surface area contributed by atoms with Gasteiger partial charge in [-0.05, 0) is 65.7 Å². The largest absolute Gasteiger partial charge is 0.422 e. The van der Waals surface area contributed by atoms with Crippen LogP contribution in [0.4, 0.5) is 0 Å². The monoisotopic (exact) mass is 476 g/mol. The van der Waals surface area contributed by atoms with Gasteiger partial charge in [0, 0.05) is 20.1 Å². The number of benzene rings is 2. The van der Waals surface area contributed by atoms with Crippen molar-refractivity contribution in [3.8, 4) is 0 Å². The molecule has 30 heavy (non-hydrogen) atoms. The van der Waals surface area contributed by atoms with E-state index in [4.69, 9.17) is 27.6 Å². The Morgan fingerprint density at radius 1 is 0.933 bits per heavy atom. The van der Waals surface area contributed by atoms with Crippen LogP contribution in [0.3, 0.4) is 0 Å².